The van der Waals surface area contributed by atoms with E-state index in [9.17, 15) is 9.18 Å². The van der Waals surface area contributed by atoms with Crippen LogP contribution in [0.3, 0.4) is 0 Å². The van der Waals surface area contributed by atoms with Gasteiger partial charge in [0.25, 0.3) is 5.91 Å². The summed E-state index contributed by atoms with van der Waals surface area (Å²) in [6.45, 7) is 0.291. The minimum absolute atomic E-state index is 0.134. The van der Waals surface area contributed by atoms with Crippen molar-refractivity contribution in [2.24, 2.45) is 0 Å². The van der Waals surface area contributed by atoms with Crippen LogP contribution < -0.4 is 10.6 Å². The van der Waals surface area contributed by atoms with E-state index in [1.807, 2.05) is 0 Å². The summed E-state index contributed by atoms with van der Waals surface area (Å²) in [6, 6.07) is 5.71. The van der Waals surface area contributed by atoms with Crippen LogP contribution in [0.4, 0.5) is 10.1 Å². The molecule has 0 saturated heterocycles. The normalized spacial score (nSPS) is 11.8. The summed E-state index contributed by atoms with van der Waals surface area (Å²) in [5.41, 5.74) is 1.12. The van der Waals surface area contributed by atoms with E-state index in [2.05, 4.69) is 10.6 Å². The summed E-state index contributed by atoms with van der Waals surface area (Å²) in [5.74, 6) is -0.894. The van der Waals surface area contributed by atoms with Crippen LogP contribution in [0.15, 0.2) is 23.9 Å². The lowest BCUT2D eigenvalue weighted by atomic mass is 10.1. The molecule has 0 spiro atoms. The highest BCUT2D eigenvalue weighted by atomic mass is 19.1. The molecule has 5 nitrogen and oxygen atoms in total. The third-order valence-corrected chi connectivity index (χ3v) is 2.50. The number of amides is 1. The van der Waals surface area contributed by atoms with E-state index in [4.69, 9.17) is 10.5 Å². The van der Waals surface area contributed by atoms with Gasteiger partial charge >= 0.3 is 0 Å². The minimum atomic E-state index is -0.558. The monoisotopic (exact) mass is 242 g/mol. The number of allylic oxidation sites excluding steroid dienone is 1. The number of carbonyl (C=O) groups excluding carboxylic acids is 1. The highest BCUT2D eigenvalue weighted by molar-refractivity contribution is 6.00. The van der Waals surface area contributed by atoms with Crippen molar-refractivity contribution in [3.8, 4) is 12.1 Å². The summed E-state index contributed by atoms with van der Waals surface area (Å²) in [4.78, 5) is 11.4. The van der Waals surface area contributed by atoms with Crippen molar-refractivity contribution in [3.05, 3.63) is 40.8 Å². The number of fused-ring (bicyclic) bond motifs is 1. The van der Waals surface area contributed by atoms with E-state index in [0.29, 0.717) is 17.8 Å². The summed E-state index contributed by atoms with van der Waals surface area (Å²) in [5, 5.41) is 22.4. The van der Waals surface area contributed by atoms with Gasteiger partial charge in [0.2, 0.25) is 0 Å². The molecule has 2 rings (SSSR count). The number of halogens is 1. The first-order valence-electron chi connectivity index (χ1n) is 5.03. The fourth-order valence-corrected chi connectivity index (χ4v) is 1.66. The van der Waals surface area contributed by atoms with Crippen LogP contribution in [0.25, 0.3) is 0 Å². The number of anilines is 1. The van der Waals surface area contributed by atoms with Crippen LogP contribution in [0.1, 0.15) is 15.9 Å². The van der Waals surface area contributed by atoms with Crippen molar-refractivity contribution in [3.63, 3.8) is 0 Å². The Morgan fingerprint density at radius 2 is 2.17 bits per heavy atom. The first kappa shape index (κ1) is 11.6. The minimum Gasteiger partial charge on any atom is -0.359 e. The molecule has 0 aliphatic carbocycles. The molecule has 6 heteroatoms. The molecule has 1 aliphatic heterocycles. The van der Waals surface area contributed by atoms with Crippen LogP contribution in [0.5, 0.6) is 0 Å². The average Bonchev–Trinajstić information content (AvgIpc) is 2.72. The van der Waals surface area contributed by atoms with Gasteiger partial charge in [-0.25, -0.2) is 4.39 Å². The van der Waals surface area contributed by atoms with E-state index in [-0.39, 0.29) is 17.0 Å². The van der Waals surface area contributed by atoms with Crippen molar-refractivity contribution < 1.29 is 9.18 Å². The molecule has 18 heavy (non-hydrogen) atoms. The predicted molar refractivity (Wildman–Crippen MR) is 60.5 cm³/mol. The smallest absolute Gasteiger partial charge is 0.252 e. The maximum atomic E-state index is 13.3. The molecule has 0 atom stereocenters. The first-order chi connectivity index (χ1) is 8.65. The van der Waals surface area contributed by atoms with Crippen molar-refractivity contribution in [1.82, 2.24) is 5.32 Å². The van der Waals surface area contributed by atoms with Crippen molar-refractivity contribution in [2.75, 3.05) is 5.32 Å². The lowest BCUT2D eigenvalue weighted by Crippen LogP contribution is -2.12. The van der Waals surface area contributed by atoms with E-state index < -0.39 is 5.82 Å². The second-order valence-corrected chi connectivity index (χ2v) is 3.59. The molecule has 1 aliphatic rings. The van der Waals surface area contributed by atoms with Gasteiger partial charge in [-0.05, 0) is 12.1 Å². The fraction of sp³-hybridized carbons (Fsp3) is 0.0833. The number of rotatable bonds is 2. The Bertz CT molecular complexity index is 621. The number of hydrogen-bond acceptors (Lipinski definition) is 4. The van der Waals surface area contributed by atoms with Gasteiger partial charge in [-0.3, -0.25) is 4.79 Å². The van der Waals surface area contributed by atoms with Crippen molar-refractivity contribution >= 4 is 11.6 Å². The van der Waals surface area contributed by atoms with Gasteiger partial charge in [-0.15, -0.1) is 0 Å². The predicted octanol–water partition coefficient (Wildman–Crippen LogP) is 1.41. The number of carbonyl (C=O) groups is 1. The third kappa shape index (κ3) is 2.00. The second kappa shape index (κ2) is 4.56. The van der Waals surface area contributed by atoms with Gasteiger partial charge in [-0.2, -0.15) is 10.5 Å². The molecular weight excluding hydrogens is 235 g/mol. The van der Waals surface area contributed by atoms with E-state index in [1.54, 1.807) is 12.1 Å². The number of nitrogens with one attached hydrogen (secondary N) is 2. The molecule has 1 amide bonds. The molecule has 1 aromatic carbocycles. The zero-order valence-electron chi connectivity index (χ0n) is 9.12. The van der Waals surface area contributed by atoms with Crippen LogP contribution >= 0.6 is 0 Å². The Balaban J connectivity index is 2.39. The Kier molecular flexibility index (Phi) is 2.94. The van der Waals surface area contributed by atoms with E-state index >= 15 is 0 Å². The largest absolute Gasteiger partial charge is 0.359 e. The molecule has 0 fully saturated rings. The summed E-state index contributed by atoms with van der Waals surface area (Å²) >= 11 is 0. The van der Waals surface area contributed by atoms with Gasteiger partial charge in [-0.1, -0.05) is 0 Å². The standard InChI is InChI=1S/C12H7FN4O/c13-8-1-9-10(6-17-12(9)18)11(2-8)16-5-7(3-14)4-15/h1-2,5,16H,6H2,(H,17,18). The highest BCUT2D eigenvalue weighted by Crippen LogP contribution is 2.26. The summed E-state index contributed by atoms with van der Waals surface area (Å²) in [7, 11) is 0. The molecule has 0 aromatic heterocycles. The molecule has 1 aromatic rings. The van der Waals surface area contributed by atoms with Crippen LogP contribution in [-0.2, 0) is 6.54 Å². The highest BCUT2D eigenvalue weighted by Gasteiger charge is 2.22. The molecule has 88 valence electrons. The maximum Gasteiger partial charge on any atom is 0.252 e. The zero-order chi connectivity index (χ0) is 13.1. The van der Waals surface area contributed by atoms with E-state index in [0.717, 1.165) is 6.07 Å². The second-order valence-electron chi connectivity index (χ2n) is 3.59. The summed E-state index contributed by atoms with van der Waals surface area (Å²) in [6.07, 6.45) is 1.18. The summed E-state index contributed by atoms with van der Waals surface area (Å²) < 4.78 is 13.3. The lowest BCUT2D eigenvalue weighted by molar-refractivity contribution is 0.0965. The fourth-order valence-electron chi connectivity index (χ4n) is 1.66. The Morgan fingerprint density at radius 3 is 2.83 bits per heavy atom. The molecule has 1 heterocycles. The van der Waals surface area contributed by atoms with Crippen LogP contribution in [0.2, 0.25) is 0 Å². The van der Waals surface area contributed by atoms with Gasteiger partial charge in [0.1, 0.15) is 23.5 Å². The van der Waals surface area contributed by atoms with Crippen molar-refractivity contribution in [1.29, 1.82) is 10.5 Å². The quantitative estimate of drug-likeness (QED) is 0.767. The first-order valence-corrected chi connectivity index (χ1v) is 5.03. The van der Waals surface area contributed by atoms with Gasteiger partial charge in [0.05, 0.1) is 0 Å². The number of nitrogens with zero attached hydrogens (tertiary/aromatic N) is 2. The maximum absolute atomic E-state index is 13.3. The van der Waals surface area contributed by atoms with Crippen LogP contribution in [-0.4, -0.2) is 5.91 Å². The molecule has 2 N–H and O–H groups in total. The average molecular weight is 242 g/mol. The Morgan fingerprint density at radius 1 is 1.44 bits per heavy atom. The third-order valence-electron chi connectivity index (χ3n) is 2.50. The van der Waals surface area contributed by atoms with E-state index in [1.165, 1.54) is 12.3 Å². The topological polar surface area (TPSA) is 88.7 Å². The lowest BCUT2D eigenvalue weighted by Gasteiger charge is -2.06. The Hall–Kier alpha value is -2.86. The molecule has 0 saturated carbocycles. The van der Waals surface area contributed by atoms with Gasteiger partial charge < -0.3 is 10.6 Å². The zero-order valence-corrected chi connectivity index (χ0v) is 9.12. The van der Waals surface area contributed by atoms with Crippen LogP contribution in [0, 0.1) is 28.5 Å². The number of nitriles is 2. The van der Waals surface area contributed by atoms with Gasteiger partial charge in [0, 0.05) is 29.6 Å². The molecule has 0 unspecified atom stereocenters. The number of benzene rings is 1. The van der Waals surface area contributed by atoms with Gasteiger partial charge in [0.15, 0.2) is 0 Å². The van der Waals surface area contributed by atoms with Crippen molar-refractivity contribution in [2.45, 2.75) is 6.54 Å². The SMILES string of the molecule is N#CC(C#N)=CNc1cc(F)cc2c1CNC2=O. The Labute approximate surface area is 102 Å². The molecule has 0 radical (unpaired) electrons. The number of hydrogen-bond donors (Lipinski definition) is 2. The molecule has 0 bridgehead atoms. The molecular formula is C12H7FN4O.